The molecule has 0 amide bonds. The van der Waals surface area contributed by atoms with Gasteiger partial charge in [-0.3, -0.25) is 4.79 Å². The van der Waals surface area contributed by atoms with Gasteiger partial charge in [0.25, 0.3) is 5.56 Å². The summed E-state index contributed by atoms with van der Waals surface area (Å²) in [6.07, 6.45) is 3.39. The van der Waals surface area contributed by atoms with Gasteiger partial charge in [0.2, 0.25) is 0 Å². The van der Waals surface area contributed by atoms with Crippen molar-refractivity contribution in [2.24, 2.45) is 0 Å². The highest BCUT2D eigenvalue weighted by atomic mass is 16.1. The minimum atomic E-state index is -0.0668. The fourth-order valence-corrected chi connectivity index (χ4v) is 0.944. The van der Waals surface area contributed by atoms with Crippen molar-refractivity contribution >= 4 is 0 Å². The summed E-state index contributed by atoms with van der Waals surface area (Å²) in [4.78, 5) is 11.1. The Morgan fingerprint density at radius 2 is 2.54 bits per heavy atom. The van der Waals surface area contributed by atoms with Crippen molar-refractivity contribution in [1.82, 2.24) is 15.1 Å². The zero-order valence-corrected chi connectivity index (χ0v) is 7.44. The van der Waals surface area contributed by atoms with Gasteiger partial charge in [-0.05, 0) is 6.07 Å². The van der Waals surface area contributed by atoms with Gasteiger partial charge in [-0.1, -0.05) is 6.08 Å². The third-order valence-electron chi connectivity index (χ3n) is 1.57. The van der Waals surface area contributed by atoms with Crippen molar-refractivity contribution in [2.75, 3.05) is 13.1 Å². The fraction of sp³-hybridized carbons (Fsp3) is 0.333. The molecule has 4 nitrogen and oxygen atoms in total. The first-order valence-electron chi connectivity index (χ1n) is 4.18. The molecule has 0 aliphatic carbocycles. The second-order valence-corrected chi connectivity index (χ2v) is 2.58. The summed E-state index contributed by atoms with van der Waals surface area (Å²) in [5.74, 6) is 0. The van der Waals surface area contributed by atoms with Gasteiger partial charge < -0.3 is 5.32 Å². The van der Waals surface area contributed by atoms with Crippen LogP contribution < -0.4 is 10.9 Å². The molecule has 0 bridgehead atoms. The fourth-order valence-electron chi connectivity index (χ4n) is 0.944. The van der Waals surface area contributed by atoms with Crippen LogP contribution in [0.25, 0.3) is 0 Å². The van der Waals surface area contributed by atoms with Crippen molar-refractivity contribution < 1.29 is 0 Å². The number of aromatic nitrogens is 2. The van der Waals surface area contributed by atoms with Crippen LogP contribution in [0.4, 0.5) is 0 Å². The average molecular weight is 179 g/mol. The summed E-state index contributed by atoms with van der Waals surface area (Å²) in [6.45, 7) is 5.64. The molecule has 0 unspecified atom stereocenters. The van der Waals surface area contributed by atoms with E-state index in [1.807, 2.05) is 0 Å². The second kappa shape index (κ2) is 5.27. The third-order valence-corrected chi connectivity index (χ3v) is 1.57. The van der Waals surface area contributed by atoms with Crippen LogP contribution in [0.2, 0.25) is 0 Å². The Hall–Kier alpha value is -1.42. The van der Waals surface area contributed by atoms with E-state index in [2.05, 4.69) is 17.0 Å². The van der Waals surface area contributed by atoms with Crippen LogP contribution >= 0.6 is 0 Å². The lowest BCUT2D eigenvalue weighted by Gasteiger charge is -2.03. The van der Waals surface area contributed by atoms with Crippen LogP contribution in [0.3, 0.4) is 0 Å². The van der Waals surface area contributed by atoms with Crippen molar-refractivity contribution in [3.63, 3.8) is 0 Å². The van der Waals surface area contributed by atoms with E-state index in [0.717, 1.165) is 13.1 Å². The molecule has 0 aromatic carbocycles. The quantitative estimate of drug-likeness (QED) is 0.512. The van der Waals surface area contributed by atoms with E-state index in [4.69, 9.17) is 0 Å². The maximum atomic E-state index is 11.1. The standard InChI is InChI=1S/C9H13N3O/c1-2-5-10-7-8-12-9(13)4-3-6-11-12/h2-4,6,10H,1,5,7-8H2. The number of rotatable bonds is 5. The number of nitrogens with zero attached hydrogens (tertiary/aromatic N) is 2. The molecule has 1 aromatic heterocycles. The Morgan fingerprint density at radius 1 is 1.69 bits per heavy atom. The normalized spacial score (nSPS) is 9.85. The van der Waals surface area contributed by atoms with Gasteiger partial charge >= 0.3 is 0 Å². The third kappa shape index (κ3) is 3.21. The van der Waals surface area contributed by atoms with Crippen molar-refractivity contribution in [3.05, 3.63) is 41.3 Å². The molecule has 0 aliphatic heterocycles. The van der Waals surface area contributed by atoms with E-state index >= 15 is 0 Å². The van der Waals surface area contributed by atoms with Gasteiger partial charge in [0, 0.05) is 25.4 Å². The molecule has 4 heteroatoms. The smallest absolute Gasteiger partial charge is 0.266 e. The molecule has 0 aliphatic rings. The number of hydrogen-bond donors (Lipinski definition) is 1. The SMILES string of the molecule is C=CCNCCn1ncccc1=O. The molecule has 70 valence electrons. The van der Waals surface area contributed by atoms with E-state index in [-0.39, 0.29) is 5.56 Å². The van der Waals surface area contributed by atoms with Gasteiger partial charge in [0.05, 0.1) is 6.54 Å². The van der Waals surface area contributed by atoms with Crippen LogP contribution in [0.15, 0.2) is 35.8 Å². The Bertz CT molecular complexity index is 319. The largest absolute Gasteiger partial charge is 0.311 e. The van der Waals surface area contributed by atoms with E-state index in [0.29, 0.717) is 6.54 Å². The molecule has 1 aromatic rings. The average Bonchev–Trinajstić information content (AvgIpc) is 2.15. The summed E-state index contributed by atoms with van der Waals surface area (Å²) < 4.78 is 1.43. The second-order valence-electron chi connectivity index (χ2n) is 2.58. The van der Waals surface area contributed by atoms with Crippen LogP contribution in [-0.2, 0) is 6.54 Å². The van der Waals surface area contributed by atoms with Crippen LogP contribution in [0.5, 0.6) is 0 Å². The molecule has 0 radical (unpaired) electrons. The van der Waals surface area contributed by atoms with Gasteiger partial charge in [0.15, 0.2) is 0 Å². The topological polar surface area (TPSA) is 46.9 Å². The lowest BCUT2D eigenvalue weighted by Crippen LogP contribution is -2.28. The molecule has 1 N–H and O–H groups in total. The first kappa shape index (κ1) is 9.67. The molecular weight excluding hydrogens is 166 g/mol. The predicted molar refractivity (Wildman–Crippen MR) is 51.6 cm³/mol. The number of hydrogen-bond acceptors (Lipinski definition) is 3. The Kier molecular flexibility index (Phi) is 3.92. The van der Waals surface area contributed by atoms with Gasteiger partial charge in [0.1, 0.15) is 0 Å². The Labute approximate surface area is 76.9 Å². The van der Waals surface area contributed by atoms with Crippen molar-refractivity contribution in [1.29, 1.82) is 0 Å². The lowest BCUT2D eigenvalue weighted by atomic mass is 10.5. The molecule has 1 heterocycles. The van der Waals surface area contributed by atoms with Crippen LogP contribution in [0.1, 0.15) is 0 Å². The summed E-state index contributed by atoms with van der Waals surface area (Å²) in [7, 11) is 0. The summed E-state index contributed by atoms with van der Waals surface area (Å²) in [6, 6.07) is 3.14. The maximum Gasteiger partial charge on any atom is 0.266 e. The van der Waals surface area contributed by atoms with E-state index in [1.54, 1.807) is 18.3 Å². The highest BCUT2D eigenvalue weighted by Gasteiger charge is 1.92. The van der Waals surface area contributed by atoms with Crippen molar-refractivity contribution in [2.45, 2.75) is 6.54 Å². The summed E-state index contributed by atoms with van der Waals surface area (Å²) in [5.41, 5.74) is -0.0668. The molecule has 0 saturated carbocycles. The van der Waals surface area contributed by atoms with Crippen LogP contribution in [0, 0.1) is 0 Å². The molecule has 0 atom stereocenters. The van der Waals surface area contributed by atoms with Crippen molar-refractivity contribution in [3.8, 4) is 0 Å². The van der Waals surface area contributed by atoms with E-state index in [1.165, 1.54) is 10.7 Å². The predicted octanol–water partition coefficient (Wildman–Crippen LogP) is 0.0189. The lowest BCUT2D eigenvalue weighted by molar-refractivity contribution is 0.546. The first-order valence-corrected chi connectivity index (χ1v) is 4.18. The Morgan fingerprint density at radius 3 is 3.23 bits per heavy atom. The molecule has 0 fully saturated rings. The molecule has 1 rings (SSSR count). The van der Waals surface area contributed by atoms with Gasteiger partial charge in [-0.25, -0.2) is 4.68 Å². The zero-order chi connectivity index (χ0) is 9.52. The molecule has 0 spiro atoms. The number of nitrogens with one attached hydrogen (secondary N) is 1. The molecular formula is C9H13N3O. The summed E-state index contributed by atoms with van der Waals surface area (Å²) in [5, 5.41) is 7.01. The van der Waals surface area contributed by atoms with Crippen LogP contribution in [-0.4, -0.2) is 22.9 Å². The highest BCUT2D eigenvalue weighted by molar-refractivity contribution is 4.84. The first-order chi connectivity index (χ1) is 6.34. The minimum absolute atomic E-state index is 0.0668. The maximum absolute atomic E-state index is 11.1. The zero-order valence-electron chi connectivity index (χ0n) is 7.44. The highest BCUT2D eigenvalue weighted by Crippen LogP contribution is 1.74. The molecule has 0 saturated heterocycles. The minimum Gasteiger partial charge on any atom is -0.311 e. The van der Waals surface area contributed by atoms with E-state index in [9.17, 15) is 4.79 Å². The van der Waals surface area contributed by atoms with E-state index < -0.39 is 0 Å². The van der Waals surface area contributed by atoms with Gasteiger partial charge in [-0.15, -0.1) is 6.58 Å². The van der Waals surface area contributed by atoms with Gasteiger partial charge in [-0.2, -0.15) is 5.10 Å². The summed E-state index contributed by atoms with van der Waals surface area (Å²) >= 11 is 0. The molecule has 13 heavy (non-hydrogen) atoms. The Balaban J connectivity index is 2.41. The monoisotopic (exact) mass is 179 g/mol.